The molecule has 3 heteroatoms. The van der Waals surface area contributed by atoms with E-state index in [1.54, 1.807) is 0 Å². The van der Waals surface area contributed by atoms with Gasteiger partial charge in [0.05, 0.1) is 5.60 Å². The second-order valence-corrected chi connectivity index (χ2v) is 3.22. The first-order valence-electron chi connectivity index (χ1n) is 3.92. The second-order valence-electron chi connectivity index (χ2n) is 3.22. The van der Waals surface area contributed by atoms with Crippen LogP contribution in [-0.4, -0.2) is 29.7 Å². The highest BCUT2D eigenvalue weighted by Crippen LogP contribution is 2.23. The molecule has 0 aromatic rings. The van der Waals surface area contributed by atoms with Gasteiger partial charge in [-0.25, -0.2) is 0 Å². The summed E-state index contributed by atoms with van der Waals surface area (Å²) < 4.78 is 5.08. The lowest BCUT2D eigenvalue weighted by Crippen LogP contribution is -2.37. The lowest BCUT2D eigenvalue weighted by molar-refractivity contribution is -0.126. The summed E-state index contributed by atoms with van der Waals surface area (Å²) in [4.78, 5) is 10.7. The molecule has 1 aliphatic heterocycles. The Balaban J connectivity index is 2.43. The van der Waals surface area contributed by atoms with Crippen molar-refractivity contribution in [1.29, 1.82) is 0 Å². The fraction of sp³-hybridized carbons (Fsp3) is 0.875. The minimum Gasteiger partial charge on any atom is -0.389 e. The molecule has 0 aromatic heterocycles. The van der Waals surface area contributed by atoms with Gasteiger partial charge in [-0.3, -0.25) is 4.79 Å². The van der Waals surface area contributed by atoms with Crippen molar-refractivity contribution >= 4 is 5.78 Å². The molecular weight excluding hydrogens is 144 g/mol. The summed E-state index contributed by atoms with van der Waals surface area (Å²) in [5.74, 6) is 0.0504. The SMILES string of the molecule is CC(=O)CC1(O)CCOCC1. The highest BCUT2D eigenvalue weighted by molar-refractivity contribution is 5.76. The minimum atomic E-state index is -0.774. The lowest BCUT2D eigenvalue weighted by Gasteiger charge is -2.30. The van der Waals surface area contributed by atoms with Crippen LogP contribution in [0, 0.1) is 0 Å². The predicted octanol–water partition coefficient (Wildman–Crippen LogP) is 0.507. The van der Waals surface area contributed by atoms with E-state index in [-0.39, 0.29) is 12.2 Å². The molecule has 3 nitrogen and oxygen atoms in total. The summed E-state index contributed by atoms with van der Waals surface area (Å²) in [6.07, 6.45) is 1.45. The van der Waals surface area contributed by atoms with E-state index in [1.165, 1.54) is 6.92 Å². The Morgan fingerprint density at radius 2 is 2.09 bits per heavy atom. The van der Waals surface area contributed by atoms with Crippen molar-refractivity contribution in [2.45, 2.75) is 31.8 Å². The van der Waals surface area contributed by atoms with Crippen LogP contribution in [0.4, 0.5) is 0 Å². The van der Waals surface area contributed by atoms with Gasteiger partial charge < -0.3 is 9.84 Å². The first kappa shape index (κ1) is 8.68. The Labute approximate surface area is 66.4 Å². The van der Waals surface area contributed by atoms with E-state index in [2.05, 4.69) is 0 Å². The Morgan fingerprint density at radius 1 is 1.55 bits per heavy atom. The molecule has 0 aromatic carbocycles. The van der Waals surface area contributed by atoms with Crippen LogP contribution >= 0.6 is 0 Å². The van der Waals surface area contributed by atoms with Crippen LogP contribution in [0.25, 0.3) is 0 Å². The van der Waals surface area contributed by atoms with Crippen molar-refractivity contribution in [3.63, 3.8) is 0 Å². The van der Waals surface area contributed by atoms with Crippen LogP contribution < -0.4 is 0 Å². The third-order valence-corrected chi connectivity index (χ3v) is 2.00. The third kappa shape index (κ3) is 2.60. The molecule has 1 saturated heterocycles. The molecule has 0 radical (unpaired) electrons. The maximum Gasteiger partial charge on any atom is 0.132 e. The van der Waals surface area contributed by atoms with Crippen LogP contribution in [-0.2, 0) is 9.53 Å². The average molecular weight is 158 g/mol. The molecule has 1 N–H and O–H groups in total. The zero-order valence-electron chi connectivity index (χ0n) is 6.80. The van der Waals surface area contributed by atoms with E-state index in [1.807, 2.05) is 0 Å². The molecule has 0 bridgehead atoms. The Hall–Kier alpha value is -0.410. The molecule has 11 heavy (non-hydrogen) atoms. The van der Waals surface area contributed by atoms with Crippen molar-refractivity contribution in [3.8, 4) is 0 Å². The highest BCUT2D eigenvalue weighted by Gasteiger charge is 2.30. The van der Waals surface area contributed by atoms with Crippen molar-refractivity contribution in [2.24, 2.45) is 0 Å². The molecule has 1 aliphatic rings. The molecule has 1 fully saturated rings. The smallest absolute Gasteiger partial charge is 0.132 e. The molecule has 1 rings (SSSR count). The van der Waals surface area contributed by atoms with Gasteiger partial charge in [0.15, 0.2) is 0 Å². The average Bonchev–Trinajstić information content (AvgIpc) is 1.85. The van der Waals surface area contributed by atoms with Crippen molar-refractivity contribution in [3.05, 3.63) is 0 Å². The number of Topliss-reactive ketones (excluding diaryl/α,β-unsaturated/α-hetero) is 1. The van der Waals surface area contributed by atoms with E-state index in [0.717, 1.165) is 0 Å². The number of aliphatic hydroxyl groups is 1. The van der Waals surface area contributed by atoms with Gasteiger partial charge in [-0.05, 0) is 19.8 Å². The van der Waals surface area contributed by atoms with Crippen LogP contribution in [0.1, 0.15) is 26.2 Å². The fourth-order valence-electron chi connectivity index (χ4n) is 1.39. The zero-order valence-corrected chi connectivity index (χ0v) is 6.80. The number of carbonyl (C=O) groups is 1. The summed E-state index contributed by atoms with van der Waals surface area (Å²) in [7, 11) is 0. The van der Waals surface area contributed by atoms with E-state index in [4.69, 9.17) is 4.74 Å². The normalized spacial score (nSPS) is 23.1. The summed E-state index contributed by atoms with van der Waals surface area (Å²) in [6.45, 7) is 2.65. The standard InChI is InChI=1S/C8H14O3/c1-7(9)6-8(10)2-4-11-5-3-8/h10H,2-6H2,1H3. The van der Waals surface area contributed by atoms with E-state index in [0.29, 0.717) is 26.1 Å². The van der Waals surface area contributed by atoms with Crippen molar-refractivity contribution in [1.82, 2.24) is 0 Å². The molecular formula is C8H14O3. The minimum absolute atomic E-state index is 0.0504. The molecule has 0 unspecified atom stereocenters. The monoisotopic (exact) mass is 158 g/mol. The largest absolute Gasteiger partial charge is 0.389 e. The van der Waals surface area contributed by atoms with Crippen LogP contribution in [0.2, 0.25) is 0 Å². The summed E-state index contributed by atoms with van der Waals surface area (Å²) in [5, 5.41) is 9.74. The van der Waals surface area contributed by atoms with Gasteiger partial charge in [-0.15, -0.1) is 0 Å². The Bertz CT molecular complexity index is 147. The number of ether oxygens (including phenoxy) is 1. The number of hydrogen-bond acceptors (Lipinski definition) is 3. The number of rotatable bonds is 2. The van der Waals surface area contributed by atoms with Crippen LogP contribution in [0.5, 0.6) is 0 Å². The van der Waals surface area contributed by atoms with Crippen LogP contribution in [0.3, 0.4) is 0 Å². The fourth-order valence-corrected chi connectivity index (χ4v) is 1.39. The maximum atomic E-state index is 10.7. The Kier molecular flexibility index (Phi) is 2.62. The molecule has 0 spiro atoms. The van der Waals surface area contributed by atoms with Gasteiger partial charge in [-0.1, -0.05) is 0 Å². The number of ketones is 1. The first-order chi connectivity index (χ1) is 5.12. The topological polar surface area (TPSA) is 46.5 Å². The van der Waals surface area contributed by atoms with Gasteiger partial charge in [0.25, 0.3) is 0 Å². The Morgan fingerprint density at radius 3 is 2.55 bits per heavy atom. The quantitative estimate of drug-likeness (QED) is 0.636. The lowest BCUT2D eigenvalue weighted by atomic mass is 9.89. The number of carbonyl (C=O) groups excluding carboxylic acids is 1. The molecule has 0 amide bonds. The number of hydrogen-bond donors (Lipinski definition) is 1. The highest BCUT2D eigenvalue weighted by atomic mass is 16.5. The molecule has 0 saturated carbocycles. The van der Waals surface area contributed by atoms with E-state index in [9.17, 15) is 9.90 Å². The molecule has 1 heterocycles. The summed E-state index contributed by atoms with van der Waals surface area (Å²) >= 11 is 0. The molecule has 64 valence electrons. The van der Waals surface area contributed by atoms with Gasteiger partial charge in [0.2, 0.25) is 0 Å². The van der Waals surface area contributed by atoms with Crippen molar-refractivity contribution < 1.29 is 14.6 Å². The van der Waals surface area contributed by atoms with Crippen molar-refractivity contribution in [2.75, 3.05) is 13.2 Å². The second kappa shape index (κ2) is 3.32. The summed E-state index contributed by atoms with van der Waals surface area (Å²) in [5.41, 5.74) is -0.774. The third-order valence-electron chi connectivity index (χ3n) is 2.00. The van der Waals surface area contributed by atoms with E-state index < -0.39 is 5.60 Å². The van der Waals surface area contributed by atoms with Gasteiger partial charge in [0, 0.05) is 19.6 Å². The molecule has 0 aliphatic carbocycles. The summed E-state index contributed by atoms with van der Waals surface area (Å²) in [6, 6.07) is 0. The molecule has 0 atom stereocenters. The predicted molar refractivity (Wildman–Crippen MR) is 40.3 cm³/mol. The zero-order chi connectivity index (χ0) is 8.32. The first-order valence-corrected chi connectivity index (χ1v) is 3.92. The maximum absolute atomic E-state index is 10.7. The van der Waals surface area contributed by atoms with Gasteiger partial charge >= 0.3 is 0 Å². The van der Waals surface area contributed by atoms with E-state index >= 15 is 0 Å². The van der Waals surface area contributed by atoms with Gasteiger partial charge in [-0.2, -0.15) is 0 Å². The van der Waals surface area contributed by atoms with Crippen LogP contribution in [0.15, 0.2) is 0 Å². The van der Waals surface area contributed by atoms with Gasteiger partial charge in [0.1, 0.15) is 5.78 Å².